The number of carbonyl (C=O) groups excluding carboxylic acids is 2. The van der Waals surface area contributed by atoms with Gasteiger partial charge in [-0.05, 0) is 43.7 Å². The van der Waals surface area contributed by atoms with Crippen molar-refractivity contribution >= 4 is 33.5 Å². The molecule has 1 atom stereocenters. The molecule has 0 radical (unpaired) electrons. The zero-order valence-corrected chi connectivity index (χ0v) is 23.8. The van der Waals surface area contributed by atoms with Gasteiger partial charge < -0.3 is 21.7 Å². The smallest absolute Gasteiger partial charge is 0.243 e. The Labute approximate surface area is 235 Å². The summed E-state index contributed by atoms with van der Waals surface area (Å²) in [6, 6.07) is 9.17. The standard InChI is InChI=1S/C28H39FN6O4S/c1-3-19-14-17-35(18-15-19)27(37)23(12-8-16-32-28(30)31)34-40(38,39)24-13-7-10-21(26(24)33-25(36)4-2)20-9-5-6-11-22(20)29/h5-7,9-11,13,19,23,34H,3-4,8,12,14-18H2,1-2H3,(H,33,36)(H4,30,31,32). The van der Waals surface area contributed by atoms with Crippen molar-refractivity contribution in [3.05, 3.63) is 48.3 Å². The maximum absolute atomic E-state index is 14.8. The number of anilines is 1. The maximum atomic E-state index is 14.8. The van der Waals surface area contributed by atoms with E-state index in [9.17, 15) is 22.4 Å². The van der Waals surface area contributed by atoms with Crippen LogP contribution >= 0.6 is 0 Å². The Morgan fingerprint density at radius 1 is 1.07 bits per heavy atom. The number of para-hydroxylation sites is 1. The van der Waals surface area contributed by atoms with E-state index >= 15 is 0 Å². The molecule has 218 valence electrons. The number of guanidine groups is 1. The van der Waals surface area contributed by atoms with Gasteiger partial charge in [-0.3, -0.25) is 14.6 Å². The molecule has 0 spiro atoms. The average Bonchev–Trinajstić information content (AvgIpc) is 2.94. The van der Waals surface area contributed by atoms with E-state index in [4.69, 9.17) is 11.5 Å². The Bertz CT molecular complexity index is 1320. The summed E-state index contributed by atoms with van der Waals surface area (Å²) in [4.78, 5) is 31.4. The number of nitrogens with two attached hydrogens (primary N) is 2. The number of hydrogen-bond acceptors (Lipinski definition) is 5. The van der Waals surface area contributed by atoms with Gasteiger partial charge in [0.1, 0.15) is 16.8 Å². The summed E-state index contributed by atoms with van der Waals surface area (Å²) in [5.74, 6) is -0.894. The van der Waals surface area contributed by atoms with Crippen molar-refractivity contribution in [2.75, 3.05) is 25.0 Å². The molecule has 2 aromatic carbocycles. The van der Waals surface area contributed by atoms with Crippen molar-refractivity contribution in [3.8, 4) is 11.1 Å². The summed E-state index contributed by atoms with van der Waals surface area (Å²) in [5, 5.41) is 2.64. The number of piperidine rings is 1. The van der Waals surface area contributed by atoms with Crippen LogP contribution in [0.25, 0.3) is 11.1 Å². The first kappa shape index (κ1) is 31.0. The lowest BCUT2D eigenvalue weighted by atomic mass is 9.94. The van der Waals surface area contributed by atoms with Crippen LogP contribution < -0.4 is 21.5 Å². The Kier molecular flexibility index (Phi) is 11.0. The first-order chi connectivity index (χ1) is 19.1. The number of sulfonamides is 1. The fraction of sp³-hybridized carbons (Fsp3) is 0.464. The second-order valence-corrected chi connectivity index (χ2v) is 11.5. The Hall–Kier alpha value is -3.51. The highest BCUT2D eigenvalue weighted by molar-refractivity contribution is 7.89. The van der Waals surface area contributed by atoms with Crippen molar-refractivity contribution in [1.29, 1.82) is 0 Å². The third-order valence-electron chi connectivity index (χ3n) is 7.11. The normalized spacial score (nSPS) is 14.9. The quantitative estimate of drug-likeness (QED) is 0.173. The lowest BCUT2D eigenvalue weighted by Crippen LogP contribution is -2.50. The first-order valence-corrected chi connectivity index (χ1v) is 15.1. The van der Waals surface area contributed by atoms with E-state index in [1.54, 1.807) is 24.0 Å². The highest BCUT2D eigenvalue weighted by Gasteiger charge is 2.33. The second-order valence-electron chi connectivity index (χ2n) is 9.86. The fourth-order valence-corrected chi connectivity index (χ4v) is 6.19. The second kappa shape index (κ2) is 14.2. The van der Waals surface area contributed by atoms with Gasteiger partial charge in [-0.2, -0.15) is 4.72 Å². The van der Waals surface area contributed by atoms with E-state index in [1.807, 2.05) is 0 Å². The highest BCUT2D eigenvalue weighted by Crippen LogP contribution is 2.35. The number of likely N-dealkylation sites (tertiary alicyclic amines) is 1. The van der Waals surface area contributed by atoms with Crippen LogP contribution in [0.2, 0.25) is 0 Å². The molecule has 40 heavy (non-hydrogen) atoms. The van der Waals surface area contributed by atoms with Crippen LogP contribution in [0.1, 0.15) is 52.4 Å². The topological polar surface area (TPSA) is 160 Å². The van der Waals surface area contributed by atoms with E-state index in [0.29, 0.717) is 25.4 Å². The van der Waals surface area contributed by atoms with E-state index < -0.39 is 27.8 Å². The van der Waals surface area contributed by atoms with Gasteiger partial charge >= 0.3 is 0 Å². The minimum absolute atomic E-state index is 0.0533. The summed E-state index contributed by atoms with van der Waals surface area (Å²) in [5.41, 5.74) is 11.1. The van der Waals surface area contributed by atoms with Gasteiger partial charge in [-0.15, -0.1) is 0 Å². The molecule has 1 unspecified atom stereocenters. The van der Waals surface area contributed by atoms with Gasteiger partial charge in [0.15, 0.2) is 5.96 Å². The molecule has 2 aromatic rings. The van der Waals surface area contributed by atoms with Gasteiger partial charge in [-0.1, -0.05) is 50.6 Å². The average molecular weight is 575 g/mol. The minimum Gasteiger partial charge on any atom is -0.370 e. The van der Waals surface area contributed by atoms with Crippen molar-refractivity contribution in [3.63, 3.8) is 0 Å². The third kappa shape index (κ3) is 8.01. The molecule has 0 aliphatic carbocycles. The summed E-state index contributed by atoms with van der Waals surface area (Å²) in [6.45, 7) is 5.06. The van der Waals surface area contributed by atoms with Crippen molar-refractivity contribution < 1.29 is 22.4 Å². The lowest BCUT2D eigenvalue weighted by molar-refractivity contribution is -0.134. The molecule has 0 bridgehead atoms. The van der Waals surface area contributed by atoms with E-state index in [2.05, 4.69) is 22.0 Å². The summed E-state index contributed by atoms with van der Waals surface area (Å²) in [6.07, 6.45) is 3.34. The number of nitrogens with zero attached hydrogens (tertiary/aromatic N) is 2. The van der Waals surface area contributed by atoms with Gasteiger partial charge in [0.2, 0.25) is 21.8 Å². The first-order valence-electron chi connectivity index (χ1n) is 13.6. The van der Waals surface area contributed by atoms with Crippen molar-refractivity contribution in [2.24, 2.45) is 22.4 Å². The van der Waals surface area contributed by atoms with Gasteiger partial charge in [0.05, 0.1) is 5.69 Å². The van der Waals surface area contributed by atoms with Crippen LogP contribution in [0.4, 0.5) is 10.1 Å². The molecule has 1 fully saturated rings. The van der Waals surface area contributed by atoms with E-state index in [-0.39, 0.29) is 53.0 Å². The third-order valence-corrected chi connectivity index (χ3v) is 8.62. The minimum atomic E-state index is -4.36. The van der Waals surface area contributed by atoms with Gasteiger partial charge in [-0.25, -0.2) is 12.8 Å². The summed E-state index contributed by atoms with van der Waals surface area (Å²) in [7, 11) is -4.36. The number of aliphatic imine (C=N–C) groups is 1. The van der Waals surface area contributed by atoms with Crippen LogP contribution in [0, 0.1) is 11.7 Å². The van der Waals surface area contributed by atoms with Crippen molar-refractivity contribution in [1.82, 2.24) is 9.62 Å². The fourth-order valence-electron chi connectivity index (χ4n) is 4.79. The largest absolute Gasteiger partial charge is 0.370 e. The number of amides is 2. The monoisotopic (exact) mass is 574 g/mol. The number of nitrogens with one attached hydrogen (secondary N) is 2. The zero-order chi connectivity index (χ0) is 29.3. The molecule has 1 aliphatic rings. The number of benzene rings is 2. The zero-order valence-electron chi connectivity index (χ0n) is 23.0. The van der Waals surface area contributed by atoms with Crippen LogP contribution in [-0.2, 0) is 19.6 Å². The van der Waals surface area contributed by atoms with Crippen LogP contribution in [-0.4, -0.2) is 56.8 Å². The van der Waals surface area contributed by atoms with Crippen LogP contribution in [0.5, 0.6) is 0 Å². The predicted octanol–water partition coefficient (Wildman–Crippen LogP) is 3.19. The molecule has 1 saturated heterocycles. The molecule has 10 nitrogen and oxygen atoms in total. The molecule has 1 aliphatic heterocycles. The van der Waals surface area contributed by atoms with Gasteiger partial charge in [0.25, 0.3) is 0 Å². The number of halogens is 1. The Balaban J connectivity index is 1.98. The van der Waals surface area contributed by atoms with Crippen LogP contribution in [0.3, 0.4) is 0 Å². The molecule has 6 N–H and O–H groups in total. The molecular formula is C28H39FN6O4S. The maximum Gasteiger partial charge on any atom is 0.243 e. The Morgan fingerprint density at radius 2 is 1.75 bits per heavy atom. The molecule has 3 rings (SSSR count). The molecule has 12 heteroatoms. The number of hydrogen-bond donors (Lipinski definition) is 4. The Morgan fingerprint density at radius 3 is 2.38 bits per heavy atom. The molecular weight excluding hydrogens is 535 g/mol. The number of carbonyl (C=O) groups is 2. The molecule has 1 heterocycles. The van der Waals surface area contributed by atoms with Crippen molar-refractivity contribution in [2.45, 2.75) is 63.3 Å². The molecule has 0 saturated carbocycles. The summed E-state index contributed by atoms with van der Waals surface area (Å²) < 4.78 is 45.0. The SMILES string of the molecule is CCC(=O)Nc1c(-c2ccccc2F)cccc1S(=O)(=O)NC(CCCN=C(N)N)C(=O)N1CCC(CC)CC1. The molecule has 0 aromatic heterocycles. The lowest BCUT2D eigenvalue weighted by Gasteiger charge is -2.34. The van der Waals surface area contributed by atoms with Gasteiger partial charge in [0, 0.05) is 37.2 Å². The van der Waals surface area contributed by atoms with E-state index in [1.165, 1.54) is 30.3 Å². The highest BCUT2D eigenvalue weighted by atomic mass is 32.2. The molecule has 2 amide bonds. The number of rotatable bonds is 12. The van der Waals surface area contributed by atoms with Crippen LogP contribution in [0.15, 0.2) is 52.4 Å². The predicted molar refractivity (Wildman–Crippen MR) is 154 cm³/mol. The summed E-state index contributed by atoms with van der Waals surface area (Å²) >= 11 is 0. The van der Waals surface area contributed by atoms with E-state index in [0.717, 1.165) is 19.3 Å².